The number of nitrogens with one attached hydrogen (secondary N) is 1. The molecule has 0 aliphatic carbocycles. The maximum atomic E-state index is 11.9. The molecule has 0 aliphatic heterocycles. The number of carbonyl (C=O) groups excluding carboxylic acids is 2. The molecule has 0 heterocycles. The van der Waals surface area contributed by atoms with Crippen LogP contribution in [-0.4, -0.2) is 29.2 Å². The van der Waals surface area contributed by atoms with Crippen molar-refractivity contribution in [1.29, 1.82) is 0 Å². The van der Waals surface area contributed by atoms with Gasteiger partial charge in [-0.3, -0.25) is 4.79 Å². The molecular formula is C16H23NO4. The van der Waals surface area contributed by atoms with Crippen LogP contribution in [0.3, 0.4) is 0 Å². The monoisotopic (exact) mass is 293 g/mol. The average Bonchev–Trinajstić information content (AvgIpc) is 2.44. The quantitative estimate of drug-likeness (QED) is 0.754. The van der Waals surface area contributed by atoms with Crippen LogP contribution in [0.1, 0.15) is 45.2 Å². The normalized spacial score (nSPS) is 13.6. The molecule has 1 aromatic carbocycles. The highest BCUT2D eigenvalue weighted by molar-refractivity contribution is 5.80. The first-order valence-corrected chi connectivity index (χ1v) is 7.18. The summed E-state index contributed by atoms with van der Waals surface area (Å²) in [6.07, 6.45) is -0.722. The number of carbonyl (C=O) groups is 2. The number of ether oxygens (including phenoxy) is 1. The summed E-state index contributed by atoms with van der Waals surface area (Å²) in [6.45, 7) is 5.30. The van der Waals surface area contributed by atoms with Gasteiger partial charge in [-0.15, -0.1) is 0 Å². The van der Waals surface area contributed by atoms with Crippen molar-refractivity contribution in [3.8, 4) is 0 Å². The zero-order valence-corrected chi connectivity index (χ0v) is 12.7. The van der Waals surface area contributed by atoms with Crippen molar-refractivity contribution in [3.63, 3.8) is 0 Å². The van der Waals surface area contributed by atoms with E-state index < -0.39 is 18.1 Å². The minimum absolute atomic E-state index is 0.206. The average molecular weight is 293 g/mol. The Balaban J connectivity index is 2.91. The molecule has 116 valence electrons. The van der Waals surface area contributed by atoms with Gasteiger partial charge >= 0.3 is 5.97 Å². The molecule has 1 aromatic rings. The third-order valence-corrected chi connectivity index (χ3v) is 2.86. The molecule has 0 saturated heterocycles. The summed E-state index contributed by atoms with van der Waals surface area (Å²) in [5.41, 5.74) is 0.662. The van der Waals surface area contributed by atoms with Crippen LogP contribution in [0.15, 0.2) is 30.3 Å². The molecule has 1 amide bonds. The summed E-state index contributed by atoms with van der Waals surface area (Å²) < 4.78 is 5.02. The number of hydrogen-bond acceptors (Lipinski definition) is 4. The summed E-state index contributed by atoms with van der Waals surface area (Å²) in [4.78, 5) is 23.7. The summed E-state index contributed by atoms with van der Waals surface area (Å²) in [6, 6.07) is 8.10. The smallest absolute Gasteiger partial charge is 0.337 e. The van der Waals surface area contributed by atoms with Crippen molar-refractivity contribution < 1.29 is 19.4 Å². The van der Waals surface area contributed by atoms with Crippen molar-refractivity contribution >= 4 is 11.9 Å². The van der Waals surface area contributed by atoms with E-state index in [2.05, 4.69) is 5.32 Å². The Morgan fingerprint density at radius 2 is 1.86 bits per heavy atom. The molecule has 0 aromatic heterocycles. The van der Waals surface area contributed by atoms with Crippen LogP contribution in [0, 0.1) is 0 Å². The van der Waals surface area contributed by atoms with E-state index in [1.165, 1.54) is 0 Å². The first-order valence-electron chi connectivity index (χ1n) is 7.18. The number of esters is 1. The third kappa shape index (κ3) is 5.55. The summed E-state index contributed by atoms with van der Waals surface area (Å²) in [5, 5.41) is 12.9. The second kappa shape index (κ2) is 8.42. The predicted molar refractivity (Wildman–Crippen MR) is 79.5 cm³/mol. The predicted octanol–water partition coefficient (Wildman–Crippen LogP) is 1.96. The summed E-state index contributed by atoms with van der Waals surface area (Å²) in [5.74, 6) is -0.946. The molecule has 0 unspecified atom stereocenters. The molecule has 5 heteroatoms. The number of amides is 1. The lowest BCUT2D eigenvalue weighted by Crippen LogP contribution is -2.41. The minimum Gasteiger partial charge on any atom is -0.461 e. The van der Waals surface area contributed by atoms with Crippen LogP contribution in [0.25, 0.3) is 0 Å². The fourth-order valence-corrected chi connectivity index (χ4v) is 1.92. The van der Waals surface area contributed by atoms with Crippen LogP contribution in [0.4, 0.5) is 0 Å². The Morgan fingerprint density at radius 1 is 1.24 bits per heavy atom. The Hall–Kier alpha value is -1.88. The van der Waals surface area contributed by atoms with E-state index in [9.17, 15) is 14.7 Å². The Labute approximate surface area is 125 Å². The first kappa shape index (κ1) is 17.2. The van der Waals surface area contributed by atoms with Crippen LogP contribution in [-0.2, 0) is 14.3 Å². The molecule has 21 heavy (non-hydrogen) atoms. The largest absolute Gasteiger partial charge is 0.461 e. The highest BCUT2D eigenvalue weighted by Gasteiger charge is 2.30. The fraction of sp³-hybridized carbons (Fsp3) is 0.500. The maximum absolute atomic E-state index is 11.9. The van der Waals surface area contributed by atoms with E-state index in [-0.39, 0.29) is 12.0 Å². The van der Waals surface area contributed by atoms with E-state index >= 15 is 0 Å². The van der Waals surface area contributed by atoms with Crippen molar-refractivity contribution in [2.75, 3.05) is 0 Å². The van der Waals surface area contributed by atoms with Gasteiger partial charge in [-0.25, -0.2) is 4.79 Å². The molecule has 0 saturated carbocycles. The molecule has 0 bridgehead atoms. The SMILES string of the molecule is CCCC(=O)N[C@@H](c1ccccc1)[C@@H](O)C(=O)OC(C)C. The van der Waals surface area contributed by atoms with E-state index in [0.717, 1.165) is 0 Å². The van der Waals surface area contributed by atoms with Crippen molar-refractivity contribution in [2.45, 2.75) is 51.9 Å². The van der Waals surface area contributed by atoms with E-state index in [1.54, 1.807) is 38.1 Å². The lowest BCUT2D eigenvalue weighted by molar-refractivity contribution is -0.159. The first-order chi connectivity index (χ1) is 9.95. The van der Waals surface area contributed by atoms with Gasteiger partial charge in [0.2, 0.25) is 5.91 Å². The highest BCUT2D eigenvalue weighted by Crippen LogP contribution is 2.18. The minimum atomic E-state index is -1.43. The molecule has 0 radical (unpaired) electrons. The van der Waals surface area contributed by atoms with Crippen molar-refractivity contribution in [2.24, 2.45) is 0 Å². The number of aliphatic hydroxyl groups is 1. The van der Waals surface area contributed by atoms with Gasteiger partial charge in [0.15, 0.2) is 6.10 Å². The Morgan fingerprint density at radius 3 is 2.38 bits per heavy atom. The van der Waals surface area contributed by atoms with E-state index in [0.29, 0.717) is 18.4 Å². The second-order valence-electron chi connectivity index (χ2n) is 5.14. The lowest BCUT2D eigenvalue weighted by atomic mass is 10.0. The van der Waals surface area contributed by atoms with Crippen LogP contribution >= 0.6 is 0 Å². The molecule has 0 aliphatic rings. The van der Waals surface area contributed by atoms with Crippen LogP contribution < -0.4 is 5.32 Å². The fourth-order valence-electron chi connectivity index (χ4n) is 1.92. The molecule has 1 rings (SSSR count). The third-order valence-electron chi connectivity index (χ3n) is 2.86. The van der Waals surface area contributed by atoms with Gasteiger partial charge in [0, 0.05) is 6.42 Å². The maximum Gasteiger partial charge on any atom is 0.337 e. The second-order valence-corrected chi connectivity index (χ2v) is 5.14. The molecular weight excluding hydrogens is 270 g/mol. The summed E-state index contributed by atoms with van der Waals surface area (Å²) in [7, 11) is 0. The molecule has 0 fully saturated rings. The topological polar surface area (TPSA) is 75.6 Å². The zero-order valence-electron chi connectivity index (χ0n) is 12.7. The van der Waals surface area contributed by atoms with Gasteiger partial charge in [0.25, 0.3) is 0 Å². The van der Waals surface area contributed by atoms with Gasteiger partial charge in [-0.1, -0.05) is 37.3 Å². The van der Waals surface area contributed by atoms with Gasteiger partial charge in [-0.05, 0) is 25.8 Å². The number of hydrogen-bond donors (Lipinski definition) is 2. The van der Waals surface area contributed by atoms with E-state index in [4.69, 9.17) is 4.74 Å². The highest BCUT2D eigenvalue weighted by atomic mass is 16.6. The van der Waals surface area contributed by atoms with Gasteiger partial charge in [0.1, 0.15) is 0 Å². The van der Waals surface area contributed by atoms with Gasteiger partial charge in [0.05, 0.1) is 12.1 Å². The number of benzene rings is 1. The zero-order chi connectivity index (χ0) is 15.8. The molecule has 2 N–H and O–H groups in total. The number of aliphatic hydroxyl groups excluding tert-OH is 1. The van der Waals surface area contributed by atoms with Crippen molar-refractivity contribution in [1.82, 2.24) is 5.32 Å². The van der Waals surface area contributed by atoms with E-state index in [1.807, 2.05) is 13.0 Å². The molecule has 2 atom stereocenters. The van der Waals surface area contributed by atoms with Crippen molar-refractivity contribution in [3.05, 3.63) is 35.9 Å². The summed E-state index contributed by atoms with van der Waals surface area (Å²) >= 11 is 0. The molecule has 0 spiro atoms. The van der Waals surface area contributed by atoms with Gasteiger partial charge in [-0.2, -0.15) is 0 Å². The standard InChI is InChI=1S/C16H23NO4/c1-4-8-13(18)17-14(12-9-6-5-7-10-12)15(19)16(20)21-11(2)3/h5-7,9-11,14-15,19H,4,8H2,1-3H3,(H,17,18)/t14-,15+/m0/s1. The van der Waals surface area contributed by atoms with Gasteiger partial charge < -0.3 is 15.2 Å². The van der Waals surface area contributed by atoms with Crippen LogP contribution in [0.2, 0.25) is 0 Å². The Kier molecular flexibility index (Phi) is 6.88. The molecule has 5 nitrogen and oxygen atoms in total. The van der Waals surface area contributed by atoms with Crippen LogP contribution in [0.5, 0.6) is 0 Å². The lowest BCUT2D eigenvalue weighted by Gasteiger charge is -2.24. The Bertz CT molecular complexity index is 459. The number of rotatable bonds is 7.